The molecule has 0 fully saturated rings. The van der Waals surface area contributed by atoms with Crippen LogP contribution in [-0.2, 0) is 5.92 Å². The fourth-order valence-corrected chi connectivity index (χ4v) is 0.986. The summed E-state index contributed by atoms with van der Waals surface area (Å²) in [7, 11) is 0. The minimum Gasteiger partial charge on any atom is -0.396 e. The highest BCUT2D eigenvalue weighted by Crippen LogP contribution is 2.31. The van der Waals surface area contributed by atoms with Gasteiger partial charge < -0.3 is 10.1 Å². The maximum Gasteiger partial charge on any atom is 0.293 e. The van der Waals surface area contributed by atoms with Gasteiger partial charge in [-0.1, -0.05) is 0 Å². The number of rotatable bonds is 3. The van der Waals surface area contributed by atoms with E-state index < -0.39 is 19.0 Å². The van der Waals surface area contributed by atoms with E-state index in [0.717, 1.165) is 0 Å². The SMILES string of the molecule is Cc1[nH]cnc1C(F)(F)CCO. The van der Waals surface area contributed by atoms with E-state index in [9.17, 15) is 8.78 Å². The molecular weight excluding hydrogens is 166 g/mol. The molecule has 1 aromatic heterocycles. The molecule has 1 heterocycles. The first-order chi connectivity index (χ1) is 5.58. The highest BCUT2D eigenvalue weighted by molar-refractivity contribution is 5.14. The summed E-state index contributed by atoms with van der Waals surface area (Å²) in [5, 5.41) is 8.37. The third-order valence-corrected chi connectivity index (χ3v) is 1.60. The molecule has 0 amide bonds. The number of nitrogens with zero attached hydrogens (tertiary/aromatic N) is 1. The fraction of sp³-hybridized carbons (Fsp3) is 0.571. The van der Waals surface area contributed by atoms with Crippen LogP contribution in [-0.4, -0.2) is 21.7 Å². The smallest absolute Gasteiger partial charge is 0.293 e. The molecule has 0 radical (unpaired) electrons. The highest BCUT2D eigenvalue weighted by Gasteiger charge is 2.34. The fourth-order valence-electron chi connectivity index (χ4n) is 0.986. The van der Waals surface area contributed by atoms with Crippen molar-refractivity contribution in [2.75, 3.05) is 6.61 Å². The van der Waals surface area contributed by atoms with Crippen LogP contribution in [0.3, 0.4) is 0 Å². The Bertz CT molecular complexity index is 260. The largest absolute Gasteiger partial charge is 0.396 e. The van der Waals surface area contributed by atoms with Crippen LogP contribution in [0.25, 0.3) is 0 Å². The van der Waals surface area contributed by atoms with E-state index in [4.69, 9.17) is 5.11 Å². The number of aliphatic hydroxyl groups excluding tert-OH is 1. The van der Waals surface area contributed by atoms with Crippen LogP contribution >= 0.6 is 0 Å². The van der Waals surface area contributed by atoms with Crippen molar-refractivity contribution in [2.45, 2.75) is 19.3 Å². The van der Waals surface area contributed by atoms with E-state index in [1.54, 1.807) is 0 Å². The lowest BCUT2D eigenvalue weighted by molar-refractivity contribution is -0.0312. The zero-order chi connectivity index (χ0) is 9.19. The van der Waals surface area contributed by atoms with E-state index in [1.807, 2.05) is 0 Å². The summed E-state index contributed by atoms with van der Waals surface area (Å²) in [5.41, 5.74) is 0.0602. The van der Waals surface area contributed by atoms with Crippen molar-refractivity contribution < 1.29 is 13.9 Å². The topological polar surface area (TPSA) is 48.9 Å². The molecule has 12 heavy (non-hydrogen) atoms. The molecule has 2 N–H and O–H groups in total. The number of halogens is 2. The van der Waals surface area contributed by atoms with Gasteiger partial charge in [0.05, 0.1) is 6.33 Å². The Morgan fingerprint density at radius 2 is 2.33 bits per heavy atom. The Morgan fingerprint density at radius 1 is 1.67 bits per heavy atom. The number of hydrogen-bond donors (Lipinski definition) is 2. The van der Waals surface area contributed by atoms with Crippen molar-refractivity contribution in [3.8, 4) is 0 Å². The average molecular weight is 176 g/mol. The zero-order valence-corrected chi connectivity index (χ0v) is 6.64. The molecule has 68 valence electrons. The van der Waals surface area contributed by atoms with Gasteiger partial charge in [-0.15, -0.1) is 0 Å². The summed E-state index contributed by atoms with van der Waals surface area (Å²) >= 11 is 0. The first-order valence-electron chi connectivity index (χ1n) is 3.57. The van der Waals surface area contributed by atoms with Crippen molar-refractivity contribution in [3.05, 3.63) is 17.7 Å². The Hall–Kier alpha value is -0.970. The van der Waals surface area contributed by atoms with Crippen molar-refractivity contribution >= 4 is 0 Å². The lowest BCUT2D eigenvalue weighted by atomic mass is 10.1. The molecule has 1 aromatic rings. The predicted octanol–water partition coefficient (Wildman–Crippen LogP) is 1.19. The maximum absolute atomic E-state index is 13.0. The summed E-state index contributed by atoms with van der Waals surface area (Å²) in [6, 6.07) is 0. The minimum absolute atomic E-state index is 0.281. The van der Waals surface area contributed by atoms with Gasteiger partial charge in [-0.05, 0) is 6.92 Å². The van der Waals surface area contributed by atoms with Crippen LogP contribution in [0.1, 0.15) is 17.8 Å². The summed E-state index contributed by atoms with van der Waals surface area (Å²) in [6.45, 7) is 0.979. The van der Waals surface area contributed by atoms with E-state index in [1.165, 1.54) is 13.3 Å². The van der Waals surface area contributed by atoms with Gasteiger partial charge in [-0.3, -0.25) is 0 Å². The predicted molar refractivity (Wildman–Crippen MR) is 38.9 cm³/mol. The second-order valence-corrected chi connectivity index (χ2v) is 2.55. The standard InChI is InChI=1S/C7H10F2N2O/c1-5-6(11-4-10-5)7(8,9)2-3-12/h4,12H,2-3H2,1H3,(H,10,11). The molecule has 0 atom stereocenters. The number of H-pyrrole nitrogens is 1. The second kappa shape index (κ2) is 3.18. The van der Waals surface area contributed by atoms with Crippen LogP contribution < -0.4 is 0 Å². The summed E-state index contributed by atoms with van der Waals surface area (Å²) < 4.78 is 26.0. The molecule has 0 bridgehead atoms. The number of aromatic amines is 1. The Morgan fingerprint density at radius 3 is 2.75 bits per heavy atom. The number of hydrogen-bond acceptors (Lipinski definition) is 2. The second-order valence-electron chi connectivity index (χ2n) is 2.55. The monoisotopic (exact) mass is 176 g/mol. The first kappa shape index (κ1) is 9.12. The third kappa shape index (κ3) is 1.61. The Labute approximate surface area is 68.4 Å². The number of imidazole rings is 1. The van der Waals surface area contributed by atoms with E-state index in [-0.39, 0.29) is 5.69 Å². The van der Waals surface area contributed by atoms with Gasteiger partial charge in [0.15, 0.2) is 0 Å². The van der Waals surface area contributed by atoms with Gasteiger partial charge in [0.2, 0.25) is 0 Å². The van der Waals surface area contributed by atoms with E-state index in [0.29, 0.717) is 5.69 Å². The summed E-state index contributed by atoms with van der Waals surface area (Å²) in [5.74, 6) is -3.03. The van der Waals surface area contributed by atoms with Gasteiger partial charge in [-0.2, -0.15) is 8.78 Å². The van der Waals surface area contributed by atoms with Gasteiger partial charge in [0, 0.05) is 18.7 Å². The van der Waals surface area contributed by atoms with E-state index in [2.05, 4.69) is 9.97 Å². The van der Waals surface area contributed by atoms with Crippen molar-refractivity contribution in [1.82, 2.24) is 9.97 Å². The Balaban J connectivity index is 2.88. The van der Waals surface area contributed by atoms with Gasteiger partial charge in [-0.25, -0.2) is 4.98 Å². The van der Waals surface area contributed by atoms with E-state index >= 15 is 0 Å². The van der Waals surface area contributed by atoms with Crippen LogP contribution in [0.4, 0.5) is 8.78 Å². The van der Waals surface area contributed by atoms with Crippen LogP contribution in [0, 0.1) is 6.92 Å². The average Bonchev–Trinajstić information content (AvgIpc) is 2.35. The lowest BCUT2D eigenvalue weighted by Gasteiger charge is -2.12. The maximum atomic E-state index is 13.0. The lowest BCUT2D eigenvalue weighted by Crippen LogP contribution is -2.17. The molecule has 0 saturated heterocycles. The van der Waals surface area contributed by atoms with Gasteiger partial charge in [0.25, 0.3) is 5.92 Å². The molecule has 5 heteroatoms. The van der Waals surface area contributed by atoms with Crippen molar-refractivity contribution in [1.29, 1.82) is 0 Å². The molecule has 1 rings (SSSR count). The number of aliphatic hydroxyl groups is 1. The normalized spacial score (nSPS) is 12.0. The van der Waals surface area contributed by atoms with Crippen molar-refractivity contribution in [2.24, 2.45) is 0 Å². The molecule has 0 saturated carbocycles. The van der Waals surface area contributed by atoms with Crippen LogP contribution in [0.15, 0.2) is 6.33 Å². The molecule has 0 aliphatic rings. The quantitative estimate of drug-likeness (QED) is 0.726. The zero-order valence-electron chi connectivity index (χ0n) is 6.64. The molecule has 0 aromatic carbocycles. The minimum atomic E-state index is -3.03. The summed E-state index contributed by atoms with van der Waals surface area (Å²) in [6.07, 6.45) is 0.634. The third-order valence-electron chi connectivity index (χ3n) is 1.60. The number of aromatic nitrogens is 2. The highest BCUT2D eigenvalue weighted by atomic mass is 19.3. The molecule has 3 nitrogen and oxygen atoms in total. The first-order valence-corrected chi connectivity index (χ1v) is 3.57. The molecular formula is C7H10F2N2O. The van der Waals surface area contributed by atoms with Crippen LogP contribution in [0.5, 0.6) is 0 Å². The molecule has 0 aliphatic heterocycles. The number of nitrogens with one attached hydrogen (secondary N) is 1. The van der Waals surface area contributed by atoms with Gasteiger partial charge >= 0.3 is 0 Å². The molecule has 0 unspecified atom stereocenters. The Kier molecular flexibility index (Phi) is 2.42. The number of alkyl halides is 2. The molecule has 0 spiro atoms. The molecule has 0 aliphatic carbocycles. The van der Waals surface area contributed by atoms with Crippen molar-refractivity contribution in [3.63, 3.8) is 0 Å². The summed E-state index contributed by atoms with van der Waals surface area (Å²) in [4.78, 5) is 6.05. The number of aryl methyl sites for hydroxylation is 1. The van der Waals surface area contributed by atoms with Crippen LogP contribution in [0.2, 0.25) is 0 Å². The van der Waals surface area contributed by atoms with Gasteiger partial charge in [0.1, 0.15) is 5.69 Å².